The molecule has 1 fully saturated rings. The second-order valence-electron chi connectivity index (χ2n) is 9.59. The van der Waals surface area contributed by atoms with Crippen LogP contribution in [-0.2, 0) is 10.2 Å². The molecule has 3 atom stereocenters. The molecule has 3 N–H and O–H groups in total. The zero-order valence-electron chi connectivity index (χ0n) is 19.0. The number of alkyl halides is 1. The SMILES string of the molecule is CC(C)NC(=O)O[C@@H]1CC[C@H](c2cc(Nc3nccn4nc(C(C)(C)C)cc34)n[nH]2)[C@H]1F. The van der Waals surface area contributed by atoms with Crippen molar-refractivity contribution in [3.8, 4) is 0 Å². The molecule has 3 aromatic heterocycles. The van der Waals surface area contributed by atoms with Crippen molar-refractivity contribution in [1.82, 2.24) is 30.1 Å². The van der Waals surface area contributed by atoms with Gasteiger partial charge in [-0.25, -0.2) is 18.7 Å². The highest BCUT2D eigenvalue weighted by atomic mass is 19.1. The average molecular weight is 444 g/mol. The summed E-state index contributed by atoms with van der Waals surface area (Å²) >= 11 is 0. The highest BCUT2D eigenvalue weighted by Crippen LogP contribution is 2.38. The summed E-state index contributed by atoms with van der Waals surface area (Å²) in [5, 5.41) is 17.7. The number of carbonyl (C=O) groups excluding carboxylic acids is 1. The van der Waals surface area contributed by atoms with Gasteiger partial charge in [-0.2, -0.15) is 10.2 Å². The van der Waals surface area contributed by atoms with Crippen molar-refractivity contribution < 1.29 is 13.9 Å². The molecular weight excluding hydrogens is 413 g/mol. The Labute approximate surface area is 186 Å². The summed E-state index contributed by atoms with van der Waals surface area (Å²) in [5.74, 6) is 0.734. The largest absolute Gasteiger partial charge is 0.443 e. The Kier molecular flexibility index (Phi) is 5.79. The van der Waals surface area contributed by atoms with Gasteiger partial charge in [0.1, 0.15) is 17.8 Å². The predicted octanol–water partition coefficient (Wildman–Crippen LogP) is 4.21. The minimum atomic E-state index is -1.30. The van der Waals surface area contributed by atoms with Crippen LogP contribution in [0.4, 0.5) is 20.8 Å². The van der Waals surface area contributed by atoms with Gasteiger partial charge in [-0.05, 0) is 32.8 Å². The quantitative estimate of drug-likeness (QED) is 0.545. The number of aromatic amines is 1. The monoisotopic (exact) mass is 443 g/mol. The second kappa shape index (κ2) is 8.40. The zero-order chi connectivity index (χ0) is 23.0. The molecule has 172 valence electrons. The fourth-order valence-electron chi connectivity index (χ4n) is 3.88. The lowest BCUT2D eigenvalue weighted by atomic mass is 9.92. The molecule has 0 aliphatic heterocycles. The Morgan fingerprint density at radius 3 is 2.81 bits per heavy atom. The molecule has 1 amide bonds. The van der Waals surface area contributed by atoms with E-state index in [1.165, 1.54) is 0 Å². The maximum Gasteiger partial charge on any atom is 0.407 e. The summed E-state index contributed by atoms with van der Waals surface area (Å²) in [5.41, 5.74) is 2.35. The van der Waals surface area contributed by atoms with Crippen molar-refractivity contribution in [3.63, 3.8) is 0 Å². The highest BCUT2D eigenvalue weighted by Gasteiger charge is 2.41. The van der Waals surface area contributed by atoms with E-state index >= 15 is 0 Å². The van der Waals surface area contributed by atoms with Gasteiger partial charge in [0.2, 0.25) is 0 Å². The standard InChI is InChI=1S/C22H30FN7O2/c1-12(2)25-21(31)32-16-7-6-13(19(16)23)14-10-18(28-27-14)26-20-15-11-17(22(3,4)5)29-30(15)9-8-24-20/h8-13,16,19H,6-7H2,1-5H3,(H,25,31)(H2,24,26,27,28)/t13-,16-,19-/m1/s1. The number of hydrogen-bond donors (Lipinski definition) is 3. The number of rotatable bonds is 5. The lowest BCUT2D eigenvalue weighted by Gasteiger charge is -2.18. The number of aromatic nitrogens is 5. The smallest absolute Gasteiger partial charge is 0.407 e. The van der Waals surface area contributed by atoms with Gasteiger partial charge in [0, 0.05) is 41.5 Å². The molecule has 0 bridgehead atoms. The second-order valence-corrected chi connectivity index (χ2v) is 9.59. The van der Waals surface area contributed by atoms with Gasteiger partial charge in [0.15, 0.2) is 11.6 Å². The van der Waals surface area contributed by atoms with E-state index in [9.17, 15) is 9.18 Å². The molecule has 32 heavy (non-hydrogen) atoms. The number of amides is 1. The fourth-order valence-corrected chi connectivity index (χ4v) is 3.88. The maximum absolute atomic E-state index is 15.0. The molecule has 3 aromatic rings. The van der Waals surface area contributed by atoms with Crippen LogP contribution in [0.5, 0.6) is 0 Å². The van der Waals surface area contributed by atoms with Crippen LogP contribution in [-0.4, -0.2) is 49.2 Å². The van der Waals surface area contributed by atoms with Crippen molar-refractivity contribution in [2.45, 2.75) is 77.1 Å². The summed E-state index contributed by atoms with van der Waals surface area (Å²) in [6, 6.07) is 3.72. The van der Waals surface area contributed by atoms with Crippen LogP contribution >= 0.6 is 0 Å². The van der Waals surface area contributed by atoms with Gasteiger partial charge in [-0.3, -0.25) is 5.10 Å². The van der Waals surface area contributed by atoms with Gasteiger partial charge >= 0.3 is 6.09 Å². The van der Waals surface area contributed by atoms with Crippen molar-refractivity contribution >= 4 is 23.2 Å². The van der Waals surface area contributed by atoms with Gasteiger partial charge in [0.05, 0.1) is 5.69 Å². The van der Waals surface area contributed by atoms with Crippen LogP contribution in [0.3, 0.4) is 0 Å². The summed E-state index contributed by atoms with van der Waals surface area (Å²) in [4.78, 5) is 16.3. The summed E-state index contributed by atoms with van der Waals surface area (Å²) < 4.78 is 22.0. The Morgan fingerprint density at radius 1 is 1.31 bits per heavy atom. The van der Waals surface area contributed by atoms with Crippen LogP contribution in [0.15, 0.2) is 24.5 Å². The Morgan fingerprint density at radius 2 is 2.09 bits per heavy atom. The molecule has 1 aliphatic carbocycles. The van der Waals surface area contributed by atoms with E-state index in [4.69, 9.17) is 4.74 Å². The van der Waals surface area contributed by atoms with Crippen LogP contribution in [0.25, 0.3) is 5.52 Å². The van der Waals surface area contributed by atoms with Crippen LogP contribution in [0, 0.1) is 0 Å². The number of carbonyl (C=O) groups is 1. The molecule has 3 heterocycles. The van der Waals surface area contributed by atoms with Gasteiger partial charge in [0.25, 0.3) is 0 Å². The number of anilines is 2. The topological polar surface area (TPSA) is 109 Å². The molecule has 0 radical (unpaired) electrons. The van der Waals surface area contributed by atoms with Gasteiger partial charge in [-0.1, -0.05) is 20.8 Å². The van der Waals surface area contributed by atoms with Crippen LogP contribution in [0.2, 0.25) is 0 Å². The van der Waals surface area contributed by atoms with Crippen molar-refractivity contribution in [1.29, 1.82) is 0 Å². The van der Waals surface area contributed by atoms with Crippen LogP contribution < -0.4 is 10.6 Å². The molecule has 0 aromatic carbocycles. The summed E-state index contributed by atoms with van der Waals surface area (Å²) in [6.45, 7) is 9.97. The summed E-state index contributed by atoms with van der Waals surface area (Å²) in [7, 11) is 0. The number of hydrogen-bond acceptors (Lipinski definition) is 6. The molecular formula is C22H30FN7O2. The maximum atomic E-state index is 15.0. The first-order valence-electron chi connectivity index (χ1n) is 10.9. The summed E-state index contributed by atoms with van der Waals surface area (Å²) in [6.07, 6.45) is 1.84. The molecule has 1 saturated carbocycles. The minimum Gasteiger partial charge on any atom is -0.443 e. The number of nitrogens with zero attached hydrogens (tertiary/aromatic N) is 4. The predicted molar refractivity (Wildman–Crippen MR) is 119 cm³/mol. The molecule has 1 aliphatic rings. The van der Waals surface area contributed by atoms with Crippen molar-refractivity contribution in [3.05, 3.63) is 35.9 Å². The van der Waals surface area contributed by atoms with E-state index in [2.05, 4.69) is 51.7 Å². The van der Waals surface area contributed by atoms with Gasteiger partial charge < -0.3 is 15.4 Å². The van der Waals surface area contributed by atoms with Gasteiger partial charge in [-0.15, -0.1) is 0 Å². The average Bonchev–Trinajstić information content (AvgIpc) is 3.40. The van der Waals surface area contributed by atoms with Crippen LogP contribution in [0.1, 0.15) is 64.8 Å². The number of H-pyrrole nitrogens is 1. The van der Waals surface area contributed by atoms with Crippen molar-refractivity contribution in [2.24, 2.45) is 0 Å². The molecule has 0 spiro atoms. The number of fused-ring (bicyclic) bond motifs is 1. The lowest BCUT2D eigenvalue weighted by molar-refractivity contribution is 0.0555. The van der Waals surface area contributed by atoms with E-state index < -0.39 is 24.3 Å². The first kappa shape index (κ1) is 22.0. The lowest BCUT2D eigenvalue weighted by Crippen LogP contribution is -2.36. The van der Waals surface area contributed by atoms with E-state index in [1.807, 2.05) is 19.9 Å². The molecule has 0 saturated heterocycles. The molecule has 9 nitrogen and oxygen atoms in total. The highest BCUT2D eigenvalue weighted by molar-refractivity contribution is 5.72. The Balaban J connectivity index is 1.47. The molecule has 4 rings (SSSR count). The first-order chi connectivity index (χ1) is 15.1. The van der Waals surface area contributed by atoms with E-state index in [0.717, 1.165) is 11.2 Å². The fraction of sp³-hybridized carbons (Fsp3) is 0.545. The third kappa shape index (κ3) is 4.53. The number of alkyl carbamates (subject to hydrolysis) is 1. The molecule has 0 unspecified atom stereocenters. The zero-order valence-corrected chi connectivity index (χ0v) is 19.0. The first-order valence-corrected chi connectivity index (χ1v) is 10.9. The number of nitrogens with one attached hydrogen (secondary N) is 3. The minimum absolute atomic E-state index is 0.0627. The Hall–Kier alpha value is -3.17. The van der Waals surface area contributed by atoms with E-state index in [-0.39, 0.29) is 11.5 Å². The normalized spacial score (nSPS) is 21.3. The van der Waals surface area contributed by atoms with Crippen molar-refractivity contribution in [2.75, 3.05) is 5.32 Å². The van der Waals surface area contributed by atoms with E-state index in [0.29, 0.717) is 30.2 Å². The number of halogens is 1. The third-order valence-electron chi connectivity index (χ3n) is 5.57. The van der Waals surface area contributed by atoms with E-state index in [1.54, 1.807) is 23.0 Å². The number of ether oxygens (including phenoxy) is 1. The third-order valence-corrected chi connectivity index (χ3v) is 5.57. The Bertz CT molecular complexity index is 1100. The molecule has 10 heteroatoms.